The molecule has 4 nitrogen and oxygen atoms in total. The first-order chi connectivity index (χ1) is 13.5. The van der Waals surface area contributed by atoms with Crippen molar-refractivity contribution < 1.29 is 13.6 Å². The smallest absolute Gasteiger partial charge is 0.253 e. The normalized spacial score (nSPS) is 10.2. The molecule has 0 unspecified atom stereocenters. The number of rotatable bonds is 5. The van der Waals surface area contributed by atoms with E-state index in [9.17, 15) is 13.6 Å². The second kappa shape index (κ2) is 9.99. The average Bonchev–Trinajstić information content (AvgIpc) is 2.67. The summed E-state index contributed by atoms with van der Waals surface area (Å²) in [6.45, 7) is 6.53. The highest BCUT2D eigenvalue weighted by molar-refractivity contribution is 6.35. The van der Waals surface area contributed by atoms with E-state index in [0.29, 0.717) is 39.4 Å². The van der Waals surface area contributed by atoms with Crippen LogP contribution in [0.1, 0.15) is 36.7 Å². The van der Waals surface area contributed by atoms with E-state index < -0.39 is 11.6 Å². The molecule has 2 N–H and O–H groups in total. The van der Waals surface area contributed by atoms with Gasteiger partial charge in [0, 0.05) is 24.5 Å². The molecule has 0 radical (unpaired) electrons. The number of pyridine rings is 1. The van der Waals surface area contributed by atoms with E-state index in [4.69, 9.17) is 11.6 Å². The van der Waals surface area contributed by atoms with Gasteiger partial charge < -0.3 is 10.6 Å². The molecule has 28 heavy (non-hydrogen) atoms. The van der Waals surface area contributed by atoms with Gasteiger partial charge in [0.25, 0.3) is 5.91 Å². The first kappa shape index (κ1) is 21.6. The molecule has 148 valence electrons. The number of anilines is 1. The molecule has 1 amide bonds. The summed E-state index contributed by atoms with van der Waals surface area (Å²) < 4.78 is 26.5. The Morgan fingerprint density at radius 2 is 1.75 bits per heavy atom. The molecule has 1 heterocycles. The van der Waals surface area contributed by atoms with Crippen LogP contribution in [0.5, 0.6) is 0 Å². The molecule has 3 aromatic rings. The Morgan fingerprint density at radius 1 is 1.07 bits per heavy atom. The van der Waals surface area contributed by atoms with E-state index in [0.717, 1.165) is 6.07 Å². The van der Waals surface area contributed by atoms with Crippen LogP contribution in [0.25, 0.3) is 10.9 Å². The van der Waals surface area contributed by atoms with E-state index in [-0.39, 0.29) is 12.5 Å². The van der Waals surface area contributed by atoms with Crippen LogP contribution in [0.15, 0.2) is 42.5 Å². The fourth-order valence-electron chi connectivity index (χ4n) is 2.66. The van der Waals surface area contributed by atoms with Crippen molar-refractivity contribution in [3.05, 3.63) is 70.2 Å². The topological polar surface area (TPSA) is 54.0 Å². The molecule has 0 aliphatic carbocycles. The minimum Gasteiger partial charge on any atom is -0.366 e. The monoisotopic (exact) mass is 405 g/mol. The van der Waals surface area contributed by atoms with Crippen LogP contribution in [0.2, 0.25) is 5.02 Å². The zero-order chi connectivity index (χ0) is 20.7. The first-order valence-corrected chi connectivity index (χ1v) is 9.42. The molecule has 0 atom stereocenters. The van der Waals surface area contributed by atoms with Gasteiger partial charge in [-0.3, -0.25) is 4.79 Å². The summed E-state index contributed by atoms with van der Waals surface area (Å²) in [5, 5.41) is 6.73. The highest BCUT2D eigenvalue weighted by Crippen LogP contribution is 2.26. The van der Waals surface area contributed by atoms with E-state index in [1.165, 1.54) is 12.1 Å². The lowest BCUT2D eigenvalue weighted by Gasteiger charge is -2.11. The van der Waals surface area contributed by atoms with Crippen molar-refractivity contribution in [2.24, 2.45) is 0 Å². The van der Waals surface area contributed by atoms with Crippen LogP contribution in [-0.2, 0) is 6.54 Å². The summed E-state index contributed by atoms with van der Waals surface area (Å²) in [5.41, 5.74) is 1.42. The fraction of sp³-hybridized carbons (Fsp3) is 0.238. The fourth-order valence-corrected chi connectivity index (χ4v) is 2.91. The molecule has 0 aliphatic heterocycles. The number of nitrogens with zero attached hydrogens (tertiary/aromatic N) is 1. The summed E-state index contributed by atoms with van der Waals surface area (Å²) in [7, 11) is 0. The van der Waals surface area contributed by atoms with Crippen molar-refractivity contribution in [2.75, 3.05) is 11.9 Å². The van der Waals surface area contributed by atoms with E-state index >= 15 is 0 Å². The predicted molar refractivity (Wildman–Crippen MR) is 110 cm³/mol. The van der Waals surface area contributed by atoms with Gasteiger partial charge in [0.1, 0.15) is 17.5 Å². The molecule has 0 spiro atoms. The number of nitrogens with one attached hydrogen (secondary N) is 2. The Bertz CT molecular complexity index is 959. The second-order valence-electron chi connectivity index (χ2n) is 5.68. The number of carbonyl (C=O) groups excluding carboxylic acids is 1. The number of amides is 1. The molecule has 7 heteroatoms. The quantitative estimate of drug-likeness (QED) is 0.584. The summed E-state index contributed by atoms with van der Waals surface area (Å²) in [4.78, 5) is 16.7. The molecular weight excluding hydrogens is 384 g/mol. The first-order valence-electron chi connectivity index (χ1n) is 9.04. The third-order valence-electron chi connectivity index (χ3n) is 3.78. The summed E-state index contributed by atoms with van der Waals surface area (Å²) in [5.74, 6) is -1.00. The summed E-state index contributed by atoms with van der Waals surface area (Å²) in [6.07, 6.45) is 0. The third-order valence-corrected chi connectivity index (χ3v) is 4.10. The van der Waals surface area contributed by atoms with Gasteiger partial charge in [-0.25, -0.2) is 13.8 Å². The van der Waals surface area contributed by atoms with Crippen LogP contribution in [-0.4, -0.2) is 17.4 Å². The minimum atomic E-state index is -0.630. The average molecular weight is 406 g/mol. The zero-order valence-corrected chi connectivity index (χ0v) is 16.7. The van der Waals surface area contributed by atoms with Gasteiger partial charge in [-0.15, -0.1) is 0 Å². The van der Waals surface area contributed by atoms with Crippen molar-refractivity contribution in [3.63, 3.8) is 0 Å². The predicted octanol–water partition coefficient (Wildman–Crippen LogP) is 5.55. The second-order valence-corrected chi connectivity index (χ2v) is 6.08. The molecule has 3 rings (SSSR count). The summed E-state index contributed by atoms with van der Waals surface area (Å²) >= 11 is 6.17. The molecule has 1 aromatic heterocycles. The number of halogens is 3. The highest BCUT2D eigenvalue weighted by Gasteiger charge is 2.15. The van der Waals surface area contributed by atoms with Gasteiger partial charge in [-0.2, -0.15) is 0 Å². The Labute approximate surface area is 167 Å². The third kappa shape index (κ3) is 5.16. The molecule has 0 bridgehead atoms. The lowest BCUT2D eigenvalue weighted by molar-refractivity contribution is 0.0957. The van der Waals surface area contributed by atoms with E-state index in [2.05, 4.69) is 15.6 Å². The Morgan fingerprint density at radius 3 is 2.39 bits per heavy atom. The number of aromatic nitrogens is 1. The largest absolute Gasteiger partial charge is 0.366 e. The van der Waals surface area contributed by atoms with Crippen molar-refractivity contribution >= 4 is 34.2 Å². The number of fused-ring (bicyclic) bond motifs is 1. The van der Waals surface area contributed by atoms with Crippen molar-refractivity contribution in [1.82, 2.24) is 10.3 Å². The molecule has 0 aliphatic rings. The lowest BCUT2D eigenvalue weighted by Crippen LogP contribution is -2.23. The molecule has 2 aromatic carbocycles. The SMILES string of the molecule is CC.CCNC(=O)c1c(Cl)ccc2nc(NCc3cc(F)cc(F)c3)ccc12. The van der Waals surface area contributed by atoms with Gasteiger partial charge in [0.15, 0.2) is 0 Å². The lowest BCUT2D eigenvalue weighted by atomic mass is 10.1. The van der Waals surface area contributed by atoms with Crippen LogP contribution >= 0.6 is 11.6 Å². The van der Waals surface area contributed by atoms with Gasteiger partial charge in [-0.1, -0.05) is 25.4 Å². The number of carbonyl (C=O) groups is 1. The molecular formula is C21H22ClF2N3O. The van der Waals surface area contributed by atoms with E-state index in [1.807, 2.05) is 20.8 Å². The number of benzene rings is 2. The summed E-state index contributed by atoms with van der Waals surface area (Å²) in [6, 6.07) is 10.1. The molecule has 0 fully saturated rings. The van der Waals surface area contributed by atoms with Crippen LogP contribution in [0.4, 0.5) is 14.6 Å². The van der Waals surface area contributed by atoms with Crippen molar-refractivity contribution in [2.45, 2.75) is 27.3 Å². The van der Waals surface area contributed by atoms with E-state index in [1.54, 1.807) is 24.3 Å². The Balaban J connectivity index is 0.00000136. The Hall–Kier alpha value is -2.73. The van der Waals surface area contributed by atoms with Crippen LogP contribution in [0, 0.1) is 11.6 Å². The van der Waals surface area contributed by atoms with Crippen molar-refractivity contribution in [1.29, 1.82) is 0 Å². The maximum Gasteiger partial charge on any atom is 0.253 e. The standard InChI is InChI=1S/C19H16ClF2N3O.C2H6/c1-2-23-19(26)18-14-3-6-17(25-16(14)5-4-15(18)20)24-10-11-7-12(21)9-13(22)8-11;1-2/h3-9H,2,10H2,1H3,(H,23,26)(H,24,25);1-2H3. The number of hydrogen-bond donors (Lipinski definition) is 2. The van der Waals surface area contributed by atoms with Crippen LogP contribution in [0.3, 0.4) is 0 Å². The highest BCUT2D eigenvalue weighted by atomic mass is 35.5. The minimum absolute atomic E-state index is 0.212. The molecule has 0 saturated carbocycles. The molecule has 0 saturated heterocycles. The maximum atomic E-state index is 13.2. The maximum absolute atomic E-state index is 13.2. The van der Waals surface area contributed by atoms with Gasteiger partial charge in [-0.05, 0) is 48.9 Å². The van der Waals surface area contributed by atoms with Gasteiger partial charge >= 0.3 is 0 Å². The zero-order valence-electron chi connectivity index (χ0n) is 15.9. The Kier molecular flexibility index (Phi) is 7.70. The van der Waals surface area contributed by atoms with Gasteiger partial charge in [0.05, 0.1) is 16.1 Å². The van der Waals surface area contributed by atoms with Crippen molar-refractivity contribution in [3.8, 4) is 0 Å². The number of hydrogen-bond acceptors (Lipinski definition) is 3. The van der Waals surface area contributed by atoms with Crippen LogP contribution < -0.4 is 10.6 Å². The van der Waals surface area contributed by atoms with Gasteiger partial charge in [0.2, 0.25) is 0 Å².